The van der Waals surface area contributed by atoms with Crippen LogP contribution in [0.4, 0.5) is 4.39 Å². The molecule has 0 bridgehead atoms. The van der Waals surface area contributed by atoms with Crippen molar-refractivity contribution in [1.29, 1.82) is 0 Å². The van der Waals surface area contributed by atoms with E-state index < -0.39 is 6.10 Å². The van der Waals surface area contributed by atoms with E-state index in [1.807, 2.05) is 30.3 Å². The molecular formula is C17H15FN2O2. The molecule has 5 heteroatoms. The predicted molar refractivity (Wildman–Crippen MR) is 80.7 cm³/mol. The number of nitrogens with one attached hydrogen (secondary N) is 1. The van der Waals surface area contributed by atoms with E-state index in [2.05, 4.69) is 10.5 Å². The lowest BCUT2D eigenvalue weighted by Gasteiger charge is -2.09. The van der Waals surface area contributed by atoms with E-state index in [1.165, 1.54) is 12.1 Å². The smallest absolute Gasteiger partial charge is 0.264 e. The van der Waals surface area contributed by atoms with Crippen molar-refractivity contribution in [1.82, 2.24) is 5.32 Å². The second-order valence-corrected chi connectivity index (χ2v) is 5.05. The first-order valence-corrected chi connectivity index (χ1v) is 7.02. The summed E-state index contributed by atoms with van der Waals surface area (Å²) in [5, 5.41) is 6.71. The molecule has 1 N–H and O–H groups in total. The zero-order valence-electron chi connectivity index (χ0n) is 11.8. The van der Waals surface area contributed by atoms with Gasteiger partial charge in [0.2, 0.25) is 6.10 Å². The summed E-state index contributed by atoms with van der Waals surface area (Å²) in [6, 6.07) is 15.7. The first-order chi connectivity index (χ1) is 10.7. The second kappa shape index (κ2) is 6.39. The number of hydrogen-bond donors (Lipinski definition) is 1. The molecule has 1 heterocycles. The maximum Gasteiger partial charge on any atom is 0.264 e. The van der Waals surface area contributed by atoms with Crippen molar-refractivity contribution in [3.8, 4) is 0 Å². The number of nitrogens with zero attached hydrogens (tertiary/aromatic N) is 1. The first-order valence-electron chi connectivity index (χ1n) is 7.02. The number of hydrogen-bond acceptors (Lipinski definition) is 3. The summed E-state index contributed by atoms with van der Waals surface area (Å²) >= 11 is 0. The van der Waals surface area contributed by atoms with Crippen LogP contribution < -0.4 is 5.32 Å². The third-order valence-electron chi connectivity index (χ3n) is 3.43. The lowest BCUT2D eigenvalue weighted by Crippen LogP contribution is -2.34. The second-order valence-electron chi connectivity index (χ2n) is 5.05. The molecule has 3 rings (SSSR count). The summed E-state index contributed by atoms with van der Waals surface area (Å²) in [4.78, 5) is 17.2. The molecule has 2 aromatic carbocycles. The van der Waals surface area contributed by atoms with E-state index in [9.17, 15) is 9.18 Å². The van der Waals surface area contributed by atoms with Crippen molar-refractivity contribution in [2.45, 2.75) is 19.1 Å². The van der Waals surface area contributed by atoms with Crippen molar-refractivity contribution in [2.75, 3.05) is 0 Å². The van der Waals surface area contributed by atoms with Gasteiger partial charge in [-0.15, -0.1) is 0 Å². The Bertz CT molecular complexity index is 701. The number of halogens is 1. The van der Waals surface area contributed by atoms with Crippen molar-refractivity contribution in [3.63, 3.8) is 0 Å². The molecule has 4 nitrogen and oxygen atoms in total. The molecular weight excluding hydrogens is 283 g/mol. The van der Waals surface area contributed by atoms with Gasteiger partial charge in [-0.3, -0.25) is 4.79 Å². The van der Waals surface area contributed by atoms with Gasteiger partial charge in [0.25, 0.3) is 5.91 Å². The van der Waals surface area contributed by atoms with Crippen LogP contribution in [0.3, 0.4) is 0 Å². The van der Waals surface area contributed by atoms with Gasteiger partial charge in [0.15, 0.2) is 0 Å². The highest BCUT2D eigenvalue weighted by molar-refractivity contribution is 6.04. The number of carbonyl (C=O) groups excluding carboxylic acids is 1. The van der Waals surface area contributed by atoms with Crippen molar-refractivity contribution in [2.24, 2.45) is 5.16 Å². The lowest BCUT2D eigenvalue weighted by molar-refractivity contribution is -0.131. The monoisotopic (exact) mass is 298 g/mol. The standard InChI is InChI=1S/C17H15FN2O2/c18-14-8-4-7-13(9-14)15-10-16(22-20-15)17(21)19-11-12-5-2-1-3-6-12/h1-9,16H,10-11H2,(H,19,21)/t16-/m0/s1. The molecule has 0 saturated heterocycles. The Kier molecular flexibility index (Phi) is 4.14. The summed E-state index contributed by atoms with van der Waals surface area (Å²) in [6.45, 7) is 0.439. The van der Waals surface area contributed by atoms with Crippen LogP contribution in [0.1, 0.15) is 17.5 Å². The molecule has 0 saturated carbocycles. The zero-order chi connectivity index (χ0) is 15.4. The molecule has 1 aliphatic heterocycles. The highest BCUT2D eigenvalue weighted by Crippen LogP contribution is 2.17. The van der Waals surface area contributed by atoms with E-state index in [4.69, 9.17) is 4.84 Å². The summed E-state index contributed by atoms with van der Waals surface area (Å²) in [5.41, 5.74) is 2.23. The Labute approximate surface area is 127 Å². The number of rotatable bonds is 4. The first kappa shape index (κ1) is 14.3. The summed E-state index contributed by atoms with van der Waals surface area (Å²) in [6.07, 6.45) is -0.327. The number of carbonyl (C=O) groups is 1. The molecule has 0 fully saturated rings. The molecule has 1 amide bonds. The Morgan fingerprint density at radius 3 is 2.82 bits per heavy atom. The summed E-state index contributed by atoms with van der Waals surface area (Å²) < 4.78 is 13.2. The van der Waals surface area contributed by atoms with Crippen molar-refractivity contribution in [3.05, 3.63) is 71.5 Å². The molecule has 2 aromatic rings. The van der Waals surface area contributed by atoms with Crippen LogP contribution in [0, 0.1) is 5.82 Å². The molecule has 0 aromatic heterocycles. The van der Waals surface area contributed by atoms with Crippen LogP contribution in [-0.2, 0) is 16.2 Å². The topological polar surface area (TPSA) is 50.7 Å². The van der Waals surface area contributed by atoms with Gasteiger partial charge in [-0.1, -0.05) is 47.6 Å². The minimum atomic E-state index is -0.665. The highest BCUT2D eigenvalue weighted by Gasteiger charge is 2.28. The van der Waals surface area contributed by atoms with Crippen molar-refractivity contribution < 1.29 is 14.0 Å². The van der Waals surface area contributed by atoms with Crippen LogP contribution in [0.15, 0.2) is 59.8 Å². The van der Waals surface area contributed by atoms with Crippen molar-refractivity contribution >= 4 is 11.6 Å². The Morgan fingerprint density at radius 1 is 1.23 bits per heavy atom. The summed E-state index contributed by atoms with van der Waals surface area (Å²) in [7, 11) is 0. The SMILES string of the molecule is O=C(NCc1ccccc1)[C@@H]1CC(c2cccc(F)c2)=NO1. The number of amides is 1. The number of benzene rings is 2. The van der Waals surface area contributed by atoms with E-state index in [0.717, 1.165) is 5.56 Å². The van der Waals surface area contributed by atoms with Gasteiger partial charge < -0.3 is 10.2 Å². The normalized spacial score (nSPS) is 16.8. The van der Waals surface area contributed by atoms with E-state index in [1.54, 1.807) is 12.1 Å². The fraction of sp³-hybridized carbons (Fsp3) is 0.176. The van der Waals surface area contributed by atoms with Gasteiger partial charge in [-0.2, -0.15) is 0 Å². The molecule has 0 unspecified atom stereocenters. The predicted octanol–water partition coefficient (Wildman–Crippen LogP) is 2.64. The van der Waals surface area contributed by atoms with Gasteiger partial charge in [0, 0.05) is 18.5 Å². The molecule has 1 aliphatic rings. The van der Waals surface area contributed by atoms with Crippen LogP contribution in [0.25, 0.3) is 0 Å². The quantitative estimate of drug-likeness (QED) is 0.943. The fourth-order valence-electron chi connectivity index (χ4n) is 2.26. The fourth-order valence-corrected chi connectivity index (χ4v) is 2.26. The minimum Gasteiger partial charge on any atom is -0.382 e. The minimum absolute atomic E-state index is 0.223. The van der Waals surface area contributed by atoms with Crippen LogP contribution in [-0.4, -0.2) is 17.7 Å². The Balaban J connectivity index is 1.56. The summed E-state index contributed by atoms with van der Waals surface area (Å²) in [5.74, 6) is -0.559. The van der Waals surface area contributed by atoms with Gasteiger partial charge in [0.1, 0.15) is 5.82 Å². The van der Waals surface area contributed by atoms with Gasteiger partial charge in [0.05, 0.1) is 5.71 Å². The Morgan fingerprint density at radius 2 is 2.05 bits per heavy atom. The van der Waals surface area contributed by atoms with Gasteiger partial charge >= 0.3 is 0 Å². The molecule has 22 heavy (non-hydrogen) atoms. The molecule has 0 radical (unpaired) electrons. The average molecular weight is 298 g/mol. The Hall–Kier alpha value is -2.69. The third-order valence-corrected chi connectivity index (χ3v) is 3.43. The third kappa shape index (κ3) is 3.31. The van der Waals surface area contributed by atoms with Crippen LogP contribution in [0.2, 0.25) is 0 Å². The molecule has 112 valence electrons. The van der Waals surface area contributed by atoms with E-state index in [0.29, 0.717) is 24.2 Å². The maximum atomic E-state index is 13.2. The highest BCUT2D eigenvalue weighted by atomic mass is 19.1. The molecule has 0 aliphatic carbocycles. The maximum absolute atomic E-state index is 13.2. The van der Waals surface area contributed by atoms with Crippen LogP contribution in [0.5, 0.6) is 0 Å². The van der Waals surface area contributed by atoms with E-state index >= 15 is 0 Å². The zero-order valence-corrected chi connectivity index (χ0v) is 11.8. The largest absolute Gasteiger partial charge is 0.382 e. The average Bonchev–Trinajstić information content (AvgIpc) is 3.04. The van der Waals surface area contributed by atoms with Crippen LogP contribution >= 0.6 is 0 Å². The lowest BCUT2D eigenvalue weighted by atomic mass is 10.0. The molecule has 1 atom stereocenters. The van der Waals surface area contributed by atoms with E-state index in [-0.39, 0.29) is 11.7 Å². The van der Waals surface area contributed by atoms with Gasteiger partial charge in [-0.25, -0.2) is 4.39 Å². The number of oxime groups is 1. The van der Waals surface area contributed by atoms with Gasteiger partial charge in [-0.05, 0) is 17.7 Å². The molecule has 0 spiro atoms.